The highest BCUT2D eigenvalue weighted by Gasteiger charge is 2.19. The summed E-state index contributed by atoms with van der Waals surface area (Å²) in [7, 11) is -3.33. The van der Waals surface area contributed by atoms with E-state index in [4.69, 9.17) is 0 Å². The third-order valence-electron chi connectivity index (χ3n) is 5.05. The van der Waals surface area contributed by atoms with Gasteiger partial charge in [-0.1, -0.05) is 25.1 Å². The standard InChI is InChI=1S/C22H30N2O3S/c1-6-21(19-10-9-16(4)17(5)15-19)23-22(25)18-11-13-20(14-12-18)24(7-2)28(26,27)8-3/h9-15,21H,6-8H2,1-5H3,(H,23,25)/t21-/m0/s1. The van der Waals surface area contributed by atoms with Gasteiger partial charge in [-0.2, -0.15) is 0 Å². The zero-order valence-corrected chi connectivity index (χ0v) is 18.1. The van der Waals surface area contributed by atoms with E-state index >= 15 is 0 Å². The van der Waals surface area contributed by atoms with Crippen molar-refractivity contribution in [1.82, 2.24) is 5.32 Å². The molecule has 0 spiro atoms. The van der Waals surface area contributed by atoms with Crippen LogP contribution >= 0.6 is 0 Å². The van der Waals surface area contributed by atoms with Crippen LogP contribution in [0.4, 0.5) is 5.69 Å². The van der Waals surface area contributed by atoms with Crippen molar-refractivity contribution in [2.45, 2.75) is 47.1 Å². The summed E-state index contributed by atoms with van der Waals surface area (Å²) in [4.78, 5) is 12.7. The molecule has 6 heteroatoms. The summed E-state index contributed by atoms with van der Waals surface area (Å²) in [5.74, 6) is -0.130. The predicted molar refractivity (Wildman–Crippen MR) is 115 cm³/mol. The average molecular weight is 403 g/mol. The largest absolute Gasteiger partial charge is 0.345 e. The molecular formula is C22H30N2O3S. The van der Waals surface area contributed by atoms with Crippen LogP contribution in [0, 0.1) is 13.8 Å². The molecule has 0 fully saturated rings. The fourth-order valence-electron chi connectivity index (χ4n) is 3.12. The van der Waals surface area contributed by atoms with Gasteiger partial charge in [0.2, 0.25) is 10.0 Å². The monoisotopic (exact) mass is 402 g/mol. The first-order valence-electron chi connectivity index (χ1n) is 9.71. The molecule has 1 amide bonds. The molecule has 1 N–H and O–H groups in total. The minimum atomic E-state index is -3.33. The molecule has 0 heterocycles. The van der Waals surface area contributed by atoms with Gasteiger partial charge in [-0.3, -0.25) is 9.10 Å². The Bertz CT molecular complexity index is 921. The molecule has 0 aliphatic carbocycles. The maximum absolute atomic E-state index is 12.7. The van der Waals surface area contributed by atoms with Crippen LogP contribution in [0.5, 0.6) is 0 Å². The Hall–Kier alpha value is -2.34. The van der Waals surface area contributed by atoms with E-state index in [2.05, 4.69) is 37.4 Å². The number of rotatable bonds is 8. The summed E-state index contributed by atoms with van der Waals surface area (Å²) in [6.07, 6.45) is 0.782. The lowest BCUT2D eigenvalue weighted by atomic mass is 9.99. The lowest BCUT2D eigenvalue weighted by Gasteiger charge is -2.22. The zero-order chi connectivity index (χ0) is 20.9. The Morgan fingerprint density at radius 3 is 2.14 bits per heavy atom. The van der Waals surface area contributed by atoms with E-state index in [1.807, 2.05) is 6.92 Å². The molecule has 1 atom stereocenters. The number of hydrogen-bond donors (Lipinski definition) is 1. The minimum absolute atomic E-state index is 0.0389. The number of nitrogens with one attached hydrogen (secondary N) is 1. The molecule has 5 nitrogen and oxygen atoms in total. The summed E-state index contributed by atoms with van der Waals surface area (Å²) in [5.41, 5.74) is 4.59. The molecule has 0 radical (unpaired) electrons. The summed E-state index contributed by atoms with van der Waals surface area (Å²) >= 11 is 0. The van der Waals surface area contributed by atoms with Crippen molar-refractivity contribution in [3.8, 4) is 0 Å². The first-order chi connectivity index (χ1) is 13.2. The molecule has 2 aromatic rings. The minimum Gasteiger partial charge on any atom is -0.345 e. The van der Waals surface area contributed by atoms with Crippen LogP contribution in [0.2, 0.25) is 0 Å². The molecule has 0 bridgehead atoms. The molecule has 0 saturated heterocycles. The number of carbonyl (C=O) groups is 1. The molecular weight excluding hydrogens is 372 g/mol. The Morgan fingerprint density at radius 1 is 1.00 bits per heavy atom. The van der Waals surface area contributed by atoms with Crippen LogP contribution in [0.3, 0.4) is 0 Å². The molecule has 0 aliphatic heterocycles. The van der Waals surface area contributed by atoms with Crippen LogP contribution < -0.4 is 9.62 Å². The third kappa shape index (κ3) is 4.93. The molecule has 0 saturated carbocycles. The van der Waals surface area contributed by atoms with Gasteiger partial charge in [0.15, 0.2) is 0 Å². The summed E-state index contributed by atoms with van der Waals surface area (Å²) < 4.78 is 25.7. The second-order valence-electron chi connectivity index (χ2n) is 6.89. The van der Waals surface area contributed by atoms with Gasteiger partial charge in [0.05, 0.1) is 17.5 Å². The average Bonchev–Trinajstić information content (AvgIpc) is 2.69. The normalized spacial score (nSPS) is 12.5. The van der Waals surface area contributed by atoms with E-state index < -0.39 is 10.0 Å². The van der Waals surface area contributed by atoms with Crippen LogP contribution in [0.1, 0.15) is 60.3 Å². The van der Waals surface area contributed by atoms with Gasteiger partial charge in [-0.25, -0.2) is 8.42 Å². The Kier molecular flexibility index (Phi) is 7.24. The van der Waals surface area contributed by atoms with E-state index in [1.165, 1.54) is 15.4 Å². The Balaban J connectivity index is 2.18. The third-order valence-corrected chi connectivity index (χ3v) is 6.92. The van der Waals surface area contributed by atoms with Crippen LogP contribution in [0.25, 0.3) is 0 Å². The van der Waals surface area contributed by atoms with Gasteiger partial charge in [-0.15, -0.1) is 0 Å². The van der Waals surface area contributed by atoms with Crippen molar-refractivity contribution < 1.29 is 13.2 Å². The lowest BCUT2D eigenvalue weighted by molar-refractivity contribution is 0.0935. The number of aryl methyl sites for hydroxylation is 2. The second-order valence-corrected chi connectivity index (χ2v) is 9.07. The molecule has 0 unspecified atom stereocenters. The molecule has 2 aromatic carbocycles. The van der Waals surface area contributed by atoms with Gasteiger partial charge < -0.3 is 5.32 Å². The van der Waals surface area contributed by atoms with E-state index in [0.29, 0.717) is 17.8 Å². The van der Waals surface area contributed by atoms with Gasteiger partial charge >= 0.3 is 0 Å². The second kappa shape index (κ2) is 9.24. The topological polar surface area (TPSA) is 66.5 Å². The molecule has 0 aromatic heterocycles. The molecule has 152 valence electrons. The van der Waals surface area contributed by atoms with Crippen molar-refractivity contribution >= 4 is 21.6 Å². The predicted octanol–water partition coefficient (Wildman–Crippen LogP) is 4.36. The number of hydrogen-bond acceptors (Lipinski definition) is 3. The van der Waals surface area contributed by atoms with Crippen molar-refractivity contribution in [1.29, 1.82) is 0 Å². The number of nitrogens with zero attached hydrogens (tertiary/aromatic N) is 1. The maximum atomic E-state index is 12.7. The van der Waals surface area contributed by atoms with E-state index in [9.17, 15) is 13.2 Å². The van der Waals surface area contributed by atoms with Gasteiger partial charge in [0.25, 0.3) is 5.91 Å². The molecule has 2 rings (SSSR count). The smallest absolute Gasteiger partial charge is 0.251 e. The Morgan fingerprint density at radius 2 is 1.64 bits per heavy atom. The van der Waals surface area contributed by atoms with Crippen molar-refractivity contribution in [2.24, 2.45) is 0 Å². The van der Waals surface area contributed by atoms with E-state index in [0.717, 1.165) is 12.0 Å². The Labute approximate surface area is 168 Å². The van der Waals surface area contributed by atoms with Crippen LogP contribution in [0.15, 0.2) is 42.5 Å². The molecule has 0 aliphatic rings. The van der Waals surface area contributed by atoms with Gasteiger partial charge in [-0.05, 0) is 75.1 Å². The van der Waals surface area contributed by atoms with Crippen LogP contribution in [-0.2, 0) is 10.0 Å². The summed E-state index contributed by atoms with van der Waals surface area (Å²) in [6.45, 7) is 9.94. The quantitative estimate of drug-likeness (QED) is 0.713. The van der Waals surface area contributed by atoms with Crippen molar-refractivity contribution in [3.05, 3.63) is 64.7 Å². The highest BCUT2D eigenvalue weighted by molar-refractivity contribution is 7.92. The first kappa shape index (κ1) is 22.0. The summed E-state index contributed by atoms with van der Waals surface area (Å²) in [5, 5.41) is 3.08. The number of anilines is 1. The van der Waals surface area contributed by atoms with E-state index in [1.54, 1.807) is 38.1 Å². The maximum Gasteiger partial charge on any atom is 0.251 e. The number of carbonyl (C=O) groups excluding carboxylic acids is 1. The lowest BCUT2D eigenvalue weighted by Crippen LogP contribution is -2.32. The fourth-order valence-corrected chi connectivity index (χ4v) is 4.27. The summed E-state index contributed by atoms with van der Waals surface area (Å²) in [6, 6.07) is 12.9. The highest BCUT2D eigenvalue weighted by Crippen LogP contribution is 2.22. The van der Waals surface area contributed by atoms with Gasteiger partial charge in [0, 0.05) is 12.1 Å². The number of sulfonamides is 1. The first-order valence-corrected chi connectivity index (χ1v) is 11.3. The highest BCUT2D eigenvalue weighted by atomic mass is 32.2. The van der Waals surface area contributed by atoms with Gasteiger partial charge in [0.1, 0.15) is 0 Å². The van der Waals surface area contributed by atoms with Crippen LogP contribution in [-0.4, -0.2) is 26.6 Å². The number of amides is 1. The van der Waals surface area contributed by atoms with Crippen molar-refractivity contribution in [3.63, 3.8) is 0 Å². The molecule has 28 heavy (non-hydrogen) atoms. The van der Waals surface area contributed by atoms with Crippen molar-refractivity contribution in [2.75, 3.05) is 16.6 Å². The zero-order valence-electron chi connectivity index (χ0n) is 17.3. The fraction of sp³-hybridized carbons (Fsp3) is 0.409. The van der Waals surface area contributed by atoms with E-state index in [-0.39, 0.29) is 17.7 Å². The number of benzene rings is 2. The SMILES string of the molecule is CC[C@H](NC(=O)c1ccc(N(CC)S(=O)(=O)CC)cc1)c1ccc(C)c(C)c1.